The first-order chi connectivity index (χ1) is 15.9. The van der Waals surface area contributed by atoms with Crippen molar-refractivity contribution in [1.29, 1.82) is 0 Å². The van der Waals surface area contributed by atoms with Crippen LogP contribution in [-0.2, 0) is 14.3 Å². The van der Waals surface area contributed by atoms with Gasteiger partial charge in [0, 0.05) is 16.5 Å². The molecule has 1 aliphatic rings. The highest BCUT2D eigenvalue weighted by atomic mass is 16.5. The molecule has 4 rings (SSSR count). The smallest absolute Gasteiger partial charge is 0.418 e. The Hall–Kier alpha value is -3.87. The van der Waals surface area contributed by atoms with E-state index in [1.165, 1.54) is 17.7 Å². The molecule has 0 unspecified atom stereocenters. The maximum absolute atomic E-state index is 13.2. The van der Waals surface area contributed by atoms with Crippen molar-refractivity contribution in [3.63, 3.8) is 0 Å². The zero-order valence-electron chi connectivity index (χ0n) is 18.8. The number of esters is 1. The predicted molar refractivity (Wildman–Crippen MR) is 124 cm³/mol. The Morgan fingerprint density at radius 2 is 1.82 bits per heavy atom. The molecule has 0 fully saturated rings. The molecule has 1 aliphatic carbocycles. The van der Waals surface area contributed by atoms with Gasteiger partial charge in [-0.05, 0) is 61.9 Å². The molecule has 0 radical (unpaired) electrons. The van der Waals surface area contributed by atoms with Crippen molar-refractivity contribution < 1.29 is 29.0 Å². The molecular weight excluding hydrogens is 422 g/mol. The van der Waals surface area contributed by atoms with Crippen molar-refractivity contribution in [2.75, 3.05) is 13.7 Å². The van der Waals surface area contributed by atoms with Gasteiger partial charge in [-0.3, -0.25) is 0 Å². The van der Waals surface area contributed by atoms with Crippen LogP contribution in [0.3, 0.4) is 0 Å². The Morgan fingerprint density at radius 1 is 1.09 bits per heavy atom. The summed E-state index contributed by atoms with van der Waals surface area (Å²) in [6.07, 6.45) is 1.40. The molecule has 0 amide bonds. The third-order valence-corrected chi connectivity index (χ3v) is 5.96. The third kappa shape index (κ3) is 3.80. The van der Waals surface area contributed by atoms with Gasteiger partial charge in [0.15, 0.2) is 0 Å². The van der Waals surface area contributed by atoms with Gasteiger partial charge in [-0.1, -0.05) is 30.3 Å². The number of carboxylic acids is 1. The highest BCUT2D eigenvalue weighted by molar-refractivity contribution is 6.12. The maximum atomic E-state index is 13.2. The van der Waals surface area contributed by atoms with Crippen LogP contribution in [0.1, 0.15) is 47.7 Å². The third-order valence-electron chi connectivity index (χ3n) is 5.96. The van der Waals surface area contributed by atoms with Crippen LogP contribution < -0.4 is 0 Å². The SMILES string of the molecule is CCOC(=O)n1c(-c2ccccc2)c(C2=C(C(=O)OC)CCC2)c2c(C)cc(C(=O)O)cc21. The number of benzene rings is 2. The fraction of sp³-hybridized carbons (Fsp3) is 0.269. The van der Waals surface area contributed by atoms with Crippen molar-refractivity contribution in [2.45, 2.75) is 33.1 Å². The molecule has 170 valence electrons. The monoisotopic (exact) mass is 447 g/mol. The number of rotatable bonds is 5. The standard InChI is InChI=1S/C26H25NO6/c1-4-33-26(31)27-20-14-17(24(28)29)13-15(2)21(20)22(23(27)16-9-6-5-7-10-16)18-11-8-12-19(18)25(30)32-3/h5-7,9-10,13-14H,4,8,11-12H2,1-3H3,(H,28,29). The number of methoxy groups -OCH3 is 1. The van der Waals surface area contributed by atoms with Crippen LogP contribution >= 0.6 is 0 Å². The average Bonchev–Trinajstić information content (AvgIpc) is 3.42. The molecule has 0 bridgehead atoms. The van der Waals surface area contributed by atoms with E-state index in [2.05, 4.69) is 0 Å². The van der Waals surface area contributed by atoms with Gasteiger partial charge >= 0.3 is 18.0 Å². The normalized spacial score (nSPS) is 13.4. The van der Waals surface area contributed by atoms with E-state index in [-0.39, 0.29) is 12.2 Å². The number of carbonyl (C=O) groups is 3. The molecule has 1 heterocycles. The molecule has 7 heteroatoms. The highest BCUT2D eigenvalue weighted by Crippen LogP contribution is 2.46. The molecule has 7 nitrogen and oxygen atoms in total. The fourth-order valence-corrected chi connectivity index (χ4v) is 4.65. The van der Waals surface area contributed by atoms with Gasteiger partial charge in [-0.25, -0.2) is 19.0 Å². The lowest BCUT2D eigenvalue weighted by Crippen LogP contribution is -2.15. The molecule has 1 N–H and O–H groups in total. The van der Waals surface area contributed by atoms with E-state index in [1.807, 2.05) is 37.3 Å². The summed E-state index contributed by atoms with van der Waals surface area (Å²) in [5.74, 6) is -1.48. The van der Waals surface area contributed by atoms with E-state index >= 15 is 0 Å². The Kier molecular flexibility index (Phi) is 6.05. The zero-order chi connectivity index (χ0) is 23.7. The number of aromatic carboxylic acids is 1. The number of hydrogen-bond acceptors (Lipinski definition) is 5. The number of aryl methyl sites for hydroxylation is 1. The maximum Gasteiger partial charge on any atom is 0.418 e. The van der Waals surface area contributed by atoms with Gasteiger partial charge in [-0.2, -0.15) is 0 Å². The number of carbonyl (C=O) groups excluding carboxylic acids is 2. The van der Waals surface area contributed by atoms with Crippen LogP contribution in [0.15, 0.2) is 48.0 Å². The first kappa shape index (κ1) is 22.3. The van der Waals surface area contributed by atoms with Gasteiger partial charge in [0.25, 0.3) is 0 Å². The summed E-state index contributed by atoms with van der Waals surface area (Å²) in [7, 11) is 1.36. The summed E-state index contributed by atoms with van der Waals surface area (Å²) in [4.78, 5) is 37.6. The lowest BCUT2D eigenvalue weighted by Gasteiger charge is -2.13. The van der Waals surface area contributed by atoms with Gasteiger partial charge in [0.05, 0.1) is 30.5 Å². The first-order valence-corrected chi connectivity index (χ1v) is 10.8. The Balaban J connectivity index is 2.22. The second-order valence-corrected chi connectivity index (χ2v) is 7.92. The number of allylic oxidation sites excluding steroid dienone is 1. The molecule has 0 saturated carbocycles. The molecule has 0 aliphatic heterocycles. The summed E-state index contributed by atoms with van der Waals surface area (Å²) in [5.41, 5.74) is 4.69. The summed E-state index contributed by atoms with van der Waals surface area (Å²) in [6, 6.07) is 12.5. The predicted octanol–water partition coefficient (Wildman–Crippen LogP) is 5.43. The van der Waals surface area contributed by atoms with Gasteiger partial charge in [0.2, 0.25) is 0 Å². The summed E-state index contributed by atoms with van der Waals surface area (Å²) < 4.78 is 11.9. The molecule has 33 heavy (non-hydrogen) atoms. The molecule has 0 atom stereocenters. The number of fused-ring (bicyclic) bond motifs is 1. The summed E-state index contributed by atoms with van der Waals surface area (Å²) >= 11 is 0. The van der Waals surface area contributed by atoms with E-state index in [0.717, 1.165) is 28.5 Å². The van der Waals surface area contributed by atoms with Gasteiger partial charge in [-0.15, -0.1) is 0 Å². The minimum absolute atomic E-state index is 0.0720. The minimum Gasteiger partial charge on any atom is -0.478 e. The minimum atomic E-state index is -1.09. The lowest BCUT2D eigenvalue weighted by atomic mass is 9.93. The van der Waals surface area contributed by atoms with Crippen molar-refractivity contribution in [3.05, 3.63) is 64.7 Å². The first-order valence-electron chi connectivity index (χ1n) is 10.8. The van der Waals surface area contributed by atoms with Crippen molar-refractivity contribution in [2.24, 2.45) is 0 Å². The summed E-state index contributed by atoms with van der Waals surface area (Å²) in [5, 5.41) is 10.4. The Morgan fingerprint density at radius 3 is 2.45 bits per heavy atom. The molecule has 3 aromatic rings. The number of aromatic nitrogens is 1. The highest BCUT2D eigenvalue weighted by Gasteiger charge is 2.32. The fourth-order valence-electron chi connectivity index (χ4n) is 4.65. The second kappa shape index (κ2) is 8.94. The number of carboxylic acid groups (broad SMARTS) is 1. The quantitative estimate of drug-likeness (QED) is 0.524. The largest absolute Gasteiger partial charge is 0.478 e. The van der Waals surface area contributed by atoms with Crippen molar-refractivity contribution in [3.8, 4) is 11.3 Å². The van der Waals surface area contributed by atoms with E-state index in [1.54, 1.807) is 13.0 Å². The lowest BCUT2D eigenvalue weighted by molar-refractivity contribution is -0.136. The summed E-state index contributed by atoms with van der Waals surface area (Å²) in [6.45, 7) is 3.70. The van der Waals surface area contributed by atoms with Crippen molar-refractivity contribution in [1.82, 2.24) is 4.57 Å². The van der Waals surface area contributed by atoms with Crippen LogP contribution in [-0.4, -0.2) is 41.4 Å². The van der Waals surface area contributed by atoms with Crippen LogP contribution in [0.5, 0.6) is 0 Å². The molecule has 0 spiro atoms. The van der Waals surface area contributed by atoms with E-state index in [0.29, 0.717) is 35.2 Å². The van der Waals surface area contributed by atoms with Gasteiger partial charge < -0.3 is 14.6 Å². The van der Waals surface area contributed by atoms with E-state index in [4.69, 9.17) is 9.47 Å². The average molecular weight is 447 g/mol. The van der Waals surface area contributed by atoms with Gasteiger partial charge in [0.1, 0.15) is 0 Å². The Bertz CT molecular complexity index is 1300. The number of nitrogens with zero attached hydrogens (tertiary/aromatic N) is 1. The van der Waals surface area contributed by atoms with Crippen LogP contribution in [0.25, 0.3) is 27.7 Å². The molecular formula is C26H25NO6. The van der Waals surface area contributed by atoms with Crippen molar-refractivity contribution >= 4 is 34.5 Å². The number of ether oxygens (including phenoxy) is 2. The van der Waals surface area contributed by atoms with E-state index in [9.17, 15) is 19.5 Å². The van der Waals surface area contributed by atoms with Crippen LogP contribution in [0.4, 0.5) is 4.79 Å². The number of hydrogen-bond donors (Lipinski definition) is 1. The zero-order valence-corrected chi connectivity index (χ0v) is 18.8. The molecule has 2 aromatic carbocycles. The second-order valence-electron chi connectivity index (χ2n) is 7.92. The van der Waals surface area contributed by atoms with E-state index < -0.39 is 18.0 Å². The van der Waals surface area contributed by atoms with Crippen LogP contribution in [0.2, 0.25) is 0 Å². The van der Waals surface area contributed by atoms with Crippen LogP contribution in [0, 0.1) is 6.92 Å². The Labute approximate surface area is 191 Å². The molecule has 1 aromatic heterocycles. The molecule has 0 saturated heterocycles. The topological polar surface area (TPSA) is 94.8 Å².